The van der Waals surface area contributed by atoms with E-state index in [0.717, 1.165) is 0 Å². The molecule has 0 radical (unpaired) electrons. The fourth-order valence-electron chi connectivity index (χ4n) is 2.20. The van der Waals surface area contributed by atoms with Crippen LogP contribution in [-0.2, 0) is 0 Å². The Morgan fingerprint density at radius 2 is 0.842 bits per heavy atom. The molecule has 0 bridgehead atoms. The number of hydrogen-bond donors (Lipinski definition) is 0. The second-order valence-electron chi connectivity index (χ2n) is 5.57. The lowest BCUT2D eigenvalue weighted by Crippen LogP contribution is -1.78. The quantitative estimate of drug-likeness (QED) is 0.230. The molecule has 112 valence electrons. The number of allylic oxidation sites excluding steroid dienone is 4. The molecule has 0 heteroatoms. The number of hydrogen-bond acceptors (Lipinski definition) is 0. The summed E-state index contributed by atoms with van der Waals surface area (Å²) in [6, 6.07) is 0. The Balaban J connectivity index is 3.09. The van der Waals surface area contributed by atoms with Crippen LogP contribution in [0.5, 0.6) is 0 Å². The molecule has 0 aromatic heterocycles. The topological polar surface area (TPSA) is 0 Å². The van der Waals surface area contributed by atoms with Crippen molar-refractivity contribution >= 4 is 0 Å². The Morgan fingerprint density at radius 3 is 1.37 bits per heavy atom. The summed E-state index contributed by atoms with van der Waals surface area (Å²) in [5, 5.41) is 0. The van der Waals surface area contributed by atoms with Crippen molar-refractivity contribution in [1.82, 2.24) is 0 Å². The molecule has 0 amide bonds. The molecule has 0 aliphatic rings. The summed E-state index contributed by atoms with van der Waals surface area (Å²) >= 11 is 0. The molecule has 0 unspecified atom stereocenters. The zero-order chi connectivity index (χ0) is 14.0. The minimum absolute atomic E-state index is 1.25. The first-order valence-corrected chi connectivity index (χ1v) is 8.71. The number of rotatable bonds is 14. The molecule has 0 aromatic carbocycles. The predicted molar refractivity (Wildman–Crippen MR) is 89.6 cm³/mol. The maximum absolute atomic E-state index is 2.40. The first kappa shape index (κ1) is 18.5. The third-order valence-electron chi connectivity index (χ3n) is 3.50. The van der Waals surface area contributed by atoms with Crippen molar-refractivity contribution in [1.29, 1.82) is 0 Å². The van der Waals surface area contributed by atoms with Crippen LogP contribution in [0.4, 0.5) is 0 Å². The lowest BCUT2D eigenvalue weighted by molar-refractivity contribution is 0.611. The third kappa shape index (κ3) is 17.5. The highest BCUT2D eigenvalue weighted by molar-refractivity contribution is 4.83. The van der Waals surface area contributed by atoms with Crippen LogP contribution in [-0.4, -0.2) is 0 Å². The van der Waals surface area contributed by atoms with Gasteiger partial charge in [0.2, 0.25) is 0 Å². The van der Waals surface area contributed by atoms with Crippen LogP contribution in [0.25, 0.3) is 0 Å². The van der Waals surface area contributed by atoms with Crippen LogP contribution >= 0.6 is 0 Å². The fraction of sp³-hybridized carbons (Fsp3) is 0.789. The van der Waals surface area contributed by atoms with E-state index >= 15 is 0 Å². The van der Waals surface area contributed by atoms with E-state index in [9.17, 15) is 0 Å². The fourth-order valence-corrected chi connectivity index (χ4v) is 2.20. The third-order valence-corrected chi connectivity index (χ3v) is 3.50. The highest BCUT2D eigenvalue weighted by Gasteiger charge is 1.88. The van der Waals surface area contributed by atoms with Gasteiger partial charge in [0.05, 0.1) is 0 Å². The van der Waals surface area contributed by atoms with Crippen LogP contribution in [0.2, 0.25) is 0 Å². The molecule has 0 aliphatic heterocycles. The van der Waals surface area contributed by atoms with E-state index in [4.69, 9.17) is 0 Å². The van der Waals surface area contributed by atoms with E-state index in [1.165, 1.54) is 83.5 Å². The van der Waals surface area contributed by atoms with Gasteiger partial charge in [-0.15, -0.1) is 0 Å². The SMILES string of the molecule is CCCC=CCCCCC=CCCCCCCCC. The summed E-state index contributed by atoms with van der Waals surface area (Å²) in [7, 11) is 0. The smallest absolute Gasteiger partial charge is 0.0351 e. The van der Waals surface area contributed by atoms with Gasteiger partial charge in [0.1, 0.15) is 0 Å². The molecule has 0 spiro atoms. The highest BCUT2D eigenvalue weighted by atomic mass is 13.9. The van der Waals surface area contributed by atoms with E-state index in [-0.39, 0.29) is 0 Å². The highest BCUT2D eigenvalue weighted by Crippen LogP contribution is 2.08. The molecule has 0 rings (SSSR count). The molecular weight excluding hydrogens is 228 g/mol. The average Bonchev–Trinajstić information content (AvgIpc) is 2.43. The molecular formula is C19H36. The lowest BCUT2D eigenvalue weighted by Gasteiger charge is -1.97. The van der Waals surface area contributed by atoms with Crippen molar-refractivity contribution in [3.8, 4) is 0 Å². The maximum Gasteiger partial charge on any atom is -0.0351 e. The second-order valence-corrected chi connectivity index (χ2v) is 5.57. The first-order valence-electron chi connectivity index (χ1n) is 8.71. The van der Waals surface area contributed by atoms with Crippen LogP contribution in [0, 0.1) is 0 Å². The van der Waals surface area contributed by atoms with Crippen molar-refractivity contribution in [2.24, 2.45) is 0 Å². The molecule has 0 fully saturated rings. The van der Waals surface area contributed by atoms with Gasteiger partial charge < -0.3 is 0 Å². The molecule has 19 heavy (non-hydrogen) atoms. The largest absolute Gasteiger partial charge is 0.0885 e. The van der Waals surface area contributed by atoms with Crippen molar-refractivity contribution in [2.45, 2.75) is 97.3 Å². The Labute approximate surface area is 122 Å². The maximum atomic E-state index is 2.40. The van der Waals surface area contributed by atoms with Crippen LogP contribution in [0.3, 0.4) is 0 Å². The summed E-state index contributed by atoms with van der Waals surface area (Å²) in [6.45, 7) is 4.52. The summed E-state index contributed by atoms with van der Waals surface area (Å²) in [4.78, 5) is 0. The van der Waals surface area contributed by atoms with Crippen molar-refractivity contribution in [3.63, 3.8) is 0 Å². The molecule has 0 atom stereocenters. The summed E-state index contributed by atoms with van der Waals surface area (Å²) < 4.78 is 0. The Morgan fingerprint density at radius 1 is 0.421 bits per heavy atom. The molecule has 0 nitrogen and oxygen atoms in total. The summed E-state index contributed by atoms with van der Waals surface area (Å²) in [5.74, 6) is 0. The predicted octanol–water partition coefficient (Wildman–Crippen LogP) is 7.21. The zero-order valence-electron chi connectivity index (χ0n) is 13.5. The molecule has 0 N–H and O–H groups in total. The molecule has 0 heterocycles. The minimum Gasteiger partial charge on any atom is -0.0885 e. The van der Waals surface area contributed by atoms with Gasteiger partial charge in [-0.2, -0.15) is 0 Å². The molecule has 0 aromatic rings. The Kier molecular flexibility index (Phi) is 17.0. The van der Waals surface area contributed by atoms with E-state index in [1.807, 2.05) is 0 Å². The van der Waals surface area contributed by atoms with Crippen LogP contribution < -0.4 is 0 Å². The number of unbranched alkanes of at least 4 members (excludes halogenated alkanes) is 10. The van der Waals surface area contributed by atoms with Crippen LogP contribution in [0.15, 0.2) is 24.3 Å². The van der Waals surface area contributed by atoms with E-state index in [0.29, 0.717) is 0 Å². The van der Waals surface area contributed by atoms with Crippen LogP contribution in [0.1, 0.15) is 97.3 Å². The van der Waals surface area contributed by atoms with E-state index in [2.05, 4.69) is 38.2 Å². The van der Waals surface area contributed by atoms with E-state index < -0.39 is 0 Å². The first-order chi connectivity index (χ1) is 9.41. The van der Waals surface area contributed by atoms with Crippen molar-refractivity contribution < 1.29 is 0 Å². The van der Waals surface area contributed by atoms with Gasteiger partial charge in [-0.05, 0) is 44.9 Å². The summed E-state index contributed by atoms with van der Waals surface area (Å²) in [5.41, 5.74) is 0. The normalized spacial score (nSPS) is 11.9. The monoisotopic (exact) mass is 264 g/mol. The van der Waals surface area contributed by atoms with Gasteiger partial charge in [-0.1, -0.05) is 76.7 Å². The molecule has 0 saturated carbocycles. The van der Waals surface area contributed by atoms with Crippen molar-refractivity contribution in [2.75, 3.05) is 0 Å². The zero-order valence-corrected chi connectivity index (χ0v) is 13.5. The van der Waals surface area contributed by atoms with Gasteiger partial charge in [0.25, 0.3) is 0 Å². The lowest BCUT2D eigenvalue weighted by atomic mass is 10.1. The van der Waals surface area contributed by atoms with Gasteiger partial charge >= 0.3 is 0 Å². The summed E-state index contributed by atoms with van der Waals surface area (Å²) in [6.07, 6.45) is 27.0. The van der Waals surface area contributed by atoms with Gasteiger partial charge in [-0.3, -0.25) is 0 Å². The van der Waals surface area contributed by atoms with E-state index in [1.54, 1.807) is 0 Å². The standard InChI is InChI=1S/C19H36/c1-3-5-7-9-11-13-15-17-19-18-16-14-12-10-8-6-4-2/h7,9,18-19H,3-6,8,10-17H2,1-2H3. The average molecular weight is 264 g/mol. The van der Waals surface area contributed by atoms with Gasteiger partial charge in [-0.25, -0.2) is 0 Å². The Bertz CT molecular complexity index is 200. The molecule has 0 aliphatic carbocycles. The Hall–Kier alpha value is -0.520. The van der Waals surface area contributed by atoms with Gasteiger partial charge in [0, 0.05) is 0 Å². The minimum atomic E-state index is 1.25. The molecule has 0 saturated heterocycles. The second kappa shape index (κ2) is 17.5. The van der Waals surface area contributed by atoms with Crippen molar-refractivity contribution in [3.05, 3.63) is 24.3 Å². The van der Waals surface area contributed by atoms with Gasteiger partial charge in [0.15, 0.2) is 0 Å².